The van der Waals surface area contributed by atoms with Gasteiger partial charge >= 0.3 is 5.97 Å². The Bertz CT molecular complexity index is 745. The molecule has 2 N–H and O–H groups in total. The van der Waals surface area contributed by atoms with Crippen LogP contribution < -0.4 is 0 Å². The summed E-state index contributed by atoms with van der Waals surface area (Å²) in [6.45, 7) is 1.95. The number of fused-ring (bicyclic) bond motifs is 1. The van der Waals surface area contributed by atoms with Gasteiger partial charge in [-0.1, -0.05) is 6.07 Å². The van der Waals surface area contributed by atoms with Gasteiger partial charge in [0.05, 0.1) is 16.1 Å². The Hall–Kier alpha value is -2.21. The number of benzene rings is 1. The fourth-order valence-corrected chi connectivity index (χ4v) is 2.57. The molecule has 1 aromatic carbocycles. The Morgan fingerprint density at radius 1 is 1.39 bits per heavy atom. The molecule has 3 aromatic rings. The molecule has 0 bridgehead atoms. The molecule has 0 spiro atoms. The third-order valence-corrected chi connectivity index (χ3v) is 3.67. The first-order valence-electron chi connectivity index (χ1n) is 5.30. The summed E-state index contributed by atoms with van der Waals surface area (Å²) in [5, 5.41) is 16.4. The van der Waals surface area contributed by atoms with E-state index >= 15 is 0 Å². The number of hydrogen-bond donors (Lipinski definition) is 2. The Kier molecular flexibility index (Phi) is 2.38. The van der Waals surface area contributed by atoms with Gasteiger partial charge in [0.15, 0.2) is 0 Å². The molecule has 0 saturated carbocycles. The number of aromatic nitrogens is 3. The Labute approximate surface area is 106 Å². The van der Waals surface area contributed by atoms with Crippen LogP contribution in [0.2, 0.25) is 0 Å². The molecule has 6 heteroatoms. The van der Waals surface area contributed by atoms with Crippen LogP contribution in [0, 0.1) is 6.92 Å². The van der Waals surface area contributed by atoms with Crippen LogP contribution in [0.1, 0.15) is 16.2 Å². The minimum Gasteiger partial charge on any atom is -0.477 e. The molecule has 0 atom stereocenters. The fraction of sp³-hybridized carbons (Fsp3) is 0.0833. The normalized spacial score (nSPS) is 10.9. The van der Waals surface area contributed by atoms with Crippen LogP contribution in [0.15, 0.2) is 24.3 Å². The van der Waals surface area contributed by atoms with Gasteiger partial charge in [0.1, 0.15) is 5.69 Å². The zero-order valence-corrected chi connectivity index (χ0v) is 10.3. The van der Waals surface area contributed by atoms with Gasteiger partial charge in [-0.2, -0.15) is 9.47 Å². The minimum atomic E-state index is -1.01. The van der Waals surface area contributed by atoms with E-state index in [4.69, 9.17) is 5.11 Å². The first kappa shape index (κ1) is 10.9. The molecule has 0 aliphatic rings. The summed E-state index contributed by atoms with van der Waals surface area (Å²) >= 11 is 1.46. The first-order valence-corrected chi connectivity index (χ1v) is 6.07. The van der Waals surface area contributed by atoms with Crippen molar-refractivity contribution >= 4 is 27.6 Å². The van der Waals surface area contributed by atoms with Gasteiger partial charge in [-0.05, 0) is 36.7 Å². The highest BCUT2D eigenvalue weighted by atomic mass is 32.1. The summed E-state index contributed by atoms with van der Waals surface area (Å²) in [7, 11) is 0. The predicted molar refractivity (Wildman–Crippen MR) is 68.9 cm³/mol. The van der Waals surface area contributed by atoms with E-state index in [-0.39, 0.29) is 5.69 Å². The molecule has 0 radical (unpaired) electrons. The standard InChI is InChI=1S/C12H9N3O2S/c1-6-8-4-7(2-3-11(8)18-15-6)9-5-10(12(16)17)14-13-9/h2-5H,1H3,(H,13,14)(H,16,17). The lowest BCUT2D eigenvalue weighted by atomic mass is 10.1. The Morgan fingerprint density at radius 2 is 2.22 bits per heavy atom. The van der Waals surface area contributed by atoms with Crippen LogP contribution in [0.25, 0.3) is 21.3 Å². The van der Waals surface area contributed by atoms with Gasteiger partial charge in [0.25, 0.3) is 0 Å². The molecule has 0 unspecified atom stereocenters. The second kappa shape index (κ2) is 3.92. The van der Waals surface area contributed by atoms with Gasteiger partial charge in [0.2, 0.25) is 0 Å². The smallest absolute Gasteiger partial charge is 0.353 e. The average molecular weight is 259 g/mol. The summed E-state index contributed by atoms with van der Waals surface area (Å²) < 4.78 is 5.40. The molecule has 5 nitrogen and oxygen atoms in total. The topological polar surface area (TPSA) is 78.9 Å². The number of H-pyrrole nitrogens is 1. The molecule has 0 fully saturated rings. The molecule has 0 amide bonds. The maximum Gasteiger partial charge on any atom is 0.353 e. The quantitative estimate of drug-likeness (QED) is 0.741. The molecular formula is C12H9N3O2S. The number of aryl methyl sites for hydroxylation is 1. The van der Waals surface area contributed by atoms with Crippen LogP contribution in [0.4, 0.5) is 0 Å². The van der Waals surface area contributed by atoms with Crippen molar-refractivity contribution < 1.29 is 9.90 Å². The van der Waals surface area contributed by atoms with Gasteiger partial charge in [-0.15, -0.1) is 0 Å². The highest BCUT2D eigenvalue weighted by Gasteiger charge is 2.10. The summed E-state index contributed by atoms with van der Waals surface area (Å²) in [6.07, 6.45) is 0. The maximum absolute atomic E-state index is 10.8. The maximum atomic E-state index is 10.8. The zero-order valence-electron chi connectivity index (χ0n) is 9.47. The van der Waals surface area contributed by atoms with E-state index in [1.165, 1.54) is 17.6 Å². The lowest BCUT2D eigenvalue weighted by Crippen LogP contribution is -1.95. The molecule has 0 saturated heterocycles. The number of nitrogens with one attached hydrogen (secondary N) is 1. The summed E-state index contributed by atoms with van der Waals surface area (Å²) in [5.74, 6) is -1.01. The molecular weight excluding hydrogens is 250 g/mol. The number of rotatable bonds is 2. The Balaban J connectivity index is 2.12. The second-order valence-corrected chi connectivity index (χ2v) is 4.76. The number of carboxylic acids is 1. The third-order valence-electron chi connectivity index (χ3n) is 2.75. The molecule has 18 heavy (non-hydrogen) atoms. The molecule has 0 aliphatic heterocycles. The summed E-state index contributed by atoms with van der Waals surface area (Å²) in [6, 6.07) is 7.40. The van der Waals surface area contributed by atoms with Crippen molar-refractivity contribution in [3.8, 4) is 11.3 Å². The van der Waals surface area contributed by atoms with Gasteiger partial charge in [-0.25, -0.2) is 4.79 Å². The minimum absolute atomic E-state index is 0.0882. The first-order chi connectivity index (χ1) is 8.65. The average Bonchev–Trinajstić information content (AvgIpc) is 2.96. The zero-order chi connectivity index (χ0) is 12.7. The van der Waals surface area contributed by atoms with Crippen LogP contribution in [-0.2, 0) is 0 Å². The lowest BCUT2D eigenvalue weighted by molar-refractivity contribution is 0.0690. The van der Waals surface area contributed by atoms with Crippen molar-refractivity contribution in [1.29, 1.82) is 0 Å². The number of aromatic amines is 1. The lowest BCUT2D eigenvalue weighted by Gasteiger charge is -1.96. The largest absolute Gasteiger partial charge is 0.477 e. The van der Waals surface area contributed by atoms with E-state index < -0.39 is 5.97 Å². The number of nitrogens with zero attached hydrogens (tertiary/aromatic N) is 2. The van der Waals surface area contributed by atoms with Crippen molar-refractivity contribution in [1.82, 2.24) is 14.6 Å². The summed E-state index contributed by atoms with van der Waals surface area (Å²) in [4.78, 5) is 10.8. The van der Waals surface area contributed by atoms with Crippen LogP contribution >= 0.6 is 11.5 Å². The molecule has 90 valence electrons. The predicted octanol–water partition coefficient (Wildman–Crippen LogP) is 2.69. The van der Waals surface area contributed by atoms with Gasteiger partial charge in [-0.3, -0.25) is 5.10 Å². The van der Waals surface area contributed by atoms with E-state index in [1.807, 2.05) is 25.1 Å². The van der Waals surface area contributed by atoms with Gasteiger partial charge < -0.3 is 5.11 Å². The van der Waals surface area contributed by atoms with Crippen molar-refractivity contribution in [3.05, 3.63) is 35.7 Å². The molecule has 2 heterocycles. The van der Waals surface area contributed by atoms with E-state index in [1.54, 1.807) is 0 Å². The van der Waals surface area contributed by atoms with E-state index in [0.29, 0.717) is 5.69 Å². The van der Waals surface area contributed by atoms with Crippen molar-refractivity contribution in [2.75, 3.05) is 0 Å². The second-order valence-electron chi connectivity index (χ2n) is 3.95. The van der Waals surface area contributed by atoms with E-state index in [0.717, 1.165) is 21.3 Å². The number of aromatic carboxylic acids is 1. The number of carbonyl (C=O) groups is 1. The highest BCUT2D eigenvalue weighted by molar-refractivity contribution is 7.13. The van der Waals surface area contributed by atoms with E-state index in [9.17, 15) is 4.79 Å². The molecule has 2 aromatic heterocycles. The number of carboxylic acid groups (broad SMARTS) is 1. The number of hydrogen-bond acceptors (Lipinski definition) is 4. The highest BCUT2D eigenvalue weighted by Crippen LogP contribution is 2.27. The SMILES string of the molecule is Cc1nsc2ccc(-c3cc(C(=O)O)[nH]n3)cc12. The van der Waals surface area contributed by atoms with Crippen LogP contribution in [0.3, 0.4) is 0 Å². The van der Waals surface area contributed by atoms with Crippen LogP contribution in [0.5, 0.6) is 0 Å². The van der Waals surface area contributed by atoms with Crippen LogP contribution in [-0.4, -0.2) is 25.6 Å². The van der Waals surface area contributed by atoms with Crippen molar-refractivity contribution in [2.45, 2.75) is 6.92 Å². The fourth-order valence-electron chi connectivity index (χ4n) is 1.80. The monoisotopic (exact) mass is 259 g/mol. The third kappa shape index (κ3) is 1.67. The Morgan fingerprint density at radius 3 is 2.94 bits per heavy atom. The van der Waals surface area contributed by atoms with E-state index in [2.05, 4.69) is 14.6 Å². The van der Waals surface area contributed by atoms with Crippen molar-refractivity contribution in [3.63, 3.8) is 0 Å². The van der Waals surface area contributed by atoms with Crippen molar-refractivity contribution in [2.24, 2.45) is 0 Å². The molecule has 0 aliphatic carbocycles. The molecule has 3 rings (SSSR count). The van der Waals surface area contributed by atoms with Gasteiger partial charge in [0, 0.05) is 10.9 Å². The summed E-state index contributed by atoms with van der Waals surface area (Å²) in [5.41, 5.74) is 2.57.